The van der Waals surface area contributed by atoms with Crippen LogP contribution in [0.4, 0.5) is 0 Å². The number of alkyl halides is 1. The van der Waals surface area contributed by atoms with Gasteiger partial charge in [0.1, 0.15) is 11.5 Å². The van der Waals surface area contributed by atoms with E-state index in [9.17, 15) is 0 Å². The lowest BCUT2D eigenvalue weighted by molar-refractivity contribution is 0.338. The molecule has 0 fully saturated rings. The van der Waals surface area contributed by atoms with Gasteiger partial charge in [-0.3, -0.25) is 0 Å². The standard InChI is InChI=1S/C17H18BrClO2/c1-3-21-17-9-8-12(10-14(17)18)15(19)11-13-6-4-5-7-16(13)20-2/h4-10,15H,3,11H2,1-2H3. The maximum Gasteiger partial charge on any atom is 0.133 e. The Hall–Kier alpha value is -1.19. The maximum absolute atomic E-state index is 6.55. The first-order chi connectivity index (χ1) is 10.2. The number of benzene rings is 2. The zero-order chi connectivity index (χ0) is 15.2. The van der Waals surface area contributed by atoms with E-state index in [-0.39, 0.29) is 5.38 Å². The molecule has 0 radical (unpaired) electrons. The first-order valence-electron chi connectivity index (χ1n) is 6.84. The van der Waals surface area contributed by atoms with Crippen molar-refractivity contribution in [3.8, 4) is 11.5 Å². The second-order valence-electron chi connectivity index (χ2n) is 4.61. The Balaban J connectivity index is 2.16. The van der Waals surface area contributed by atoms with Gasteiger partial charge in [-0.15, -0.1) is 11.6 Å². The minimum Gasteiger partial charge on any atom is -0.496 e. The molecule has 0 saturated carbocycles. The van der Waals surface area contributed by atoms with E-state index in [1.807, 2.05) is 49.4 Å². The lowest BCUT2D eigenvalue weighted by Crippen LogP contribution is -1.99. The summed E-state index contributed by atoms with van der Waals surface area (Å²) >= 11 is 10.1. The van der Waals surface area contributed by atoms with Crippen LogP contribution in [0.15, 0.2) is 46.9 Å². The number of rotatable bonds is 6. The molecule has 2 nitrogen and oxygen atoms in total. The molecule has 0 N–H and O–H groups in total. The molecule has 0 aliphatic heterocycles. The maximum atomic E-state index is 6.55. The van der Waals surface area contributed by atoms with Crippen molar-refractivity contribution in [1.82, 2.24) is 0 Å². The number of ether oxygens (including phenoxy) is 2. The molecule has 1 atom stereocenters. The van der Waals surface area contributed by atoms with Crippen molar-refractivity contribution in [2.24, 2.45) is 0 Å². The highest BCUT2D eigenvalue weighted by atomic mass is 79.9. The van der Waals surface area contributed by atoms with Gasteiger partial charge in [-0.25, -0.2) is 0 Å². The van der Waals surface area contributed by atoms with Gasteiger partial charge in [0.05, 0.1) is 23.6 Å². The lowest BCUT2D eigenvalue weighted by atomic mass is 10.0. The topological polar surface area (TPSA) is 18.5 Å². The van der Waals surface area contributed by atoms with E-state index in [4.69, 9.17) is 21.1 Å². The number of halogens is 2. The largest absolute Gasteiger partial charge is 0.496 e. The molecule has 0 spiro atoms. The molecule has 2 rings (SSSR count). The van der Waals surface area contributed by atoms with E-state index in [1.165, 1.54) is 0 Å². The zero-order valence-corrected chi connectivity index (χ0v) is 14.4. The summed E-state index contributed by atoms with van der Waals surface area (Å²) in [5.41, 5.74) is 2.16. The number of hydrogen-bond acceptors (Lipinski definition) is 2. The van der Waals surface area contributed by atoms with Crippen LogP contribution in [0.3, 0.4) is 0 Å². The van der Waals surface area contributed by atoms with E-state index < -0.39 is 0 Å². The molecular weight excluding hydrogens is 352 g/mol. The Kier molecular flexibility index (Phi) is 5.95. The second-order valence-corrected chi connectivity index (χ2v) is 5.99. The van der Waals surface area contributed by atoms with Crippen LogP contribution >= 0.6 is 27.5 Å². The number of para-hydroxylation sites is 1. The fourth-order valence-corrected chi connectivity index (χ4v) is 2.98. The zero-order valence-electron chi connectivity index (χ0n) is 12.1. The molecule has 1 unspecified atom stereocenters. The molecule has 2 aromatic carbocycles. The van der Waals surface area contributed by atoms with Crippen LogP contribution in [0.25, 0.3) is 0 Å². The molecule has 21 heavy (non-hydrogen) atoms. The van der Waals surface area contributed by atoms with Crippen molar-refractivity contribution in [2.75, 3.05) is 13.7 Å². The van der Waals surface area contributed by atoms with Gasteiger partial charge in [-0.05, 0) is 58.6 Å². The predicted octanol–water partition coefficient (Wildman–Crippen LogP) is 5.38. The van der Waals surface area contributed by atoms with Crippen molar-refractivity contribution in [2.45, 2.75) is 18.7 Å². The Bertz CT molecular complexity index is 601. The average Bonchev–Trinajstić information content (AvgIpc) is 2.50. The Labute approximate surface area is 139 Å². The highest BCUT2D eigenvalue weighted by Crippen LogP contribution is 2.33. The molecule has 0 aliphatic carbocycles. The van der Waals surface area contributed by atoms with Crippen molar-refractivity contribution in [1.29, 1.82) is 0 Å². The monoisotopic (exact) mass is 368 g/mol. The van der Waals surface area contributed by atoms with Gasteiger partial charge in [-0.2, -0.15) is 0 Å². The summed E-state index contributed by atoms with van der Waals surface area (Å²) in [6.45, 7) is 2.61. The smallest absolute Gasteiger partial charge is 0.133 e. The van der Waals surface area contributed by atoms with Gasteiger partial charge in [-0.1, -0.05) is 24.3 Å². The van der Waals surface area contributed by atoms with Crippen molar-refractivity contribution in [3.63, 3.8) is 0 Å². The van der Waals surface area contributed by atoms with Crippen LogP contribution in [0.1, 0.15) is 23.4 Å². The summed E-state index contributed by atoms with van der Waals surface area (Å²) in [7, 11) is 1.68. The van der Waals surface area contributed by atoms with Crippen LogP contribution in [0.2, 0.25) is 0 Å². The molecule has 0 saturated heterocycles. The van der Waals surface area contributed by atoms with Crippen molar-refractivity contribution >= 4 is 27.5 Å². The average molecular weight is 370 g/mol. The molecule has 4 heteroatoms. The van der Waals surface area contributed by atoms with Crippen LogP contribution < -0.4 is 9.47 Å². The quantitative estimate of drug-likeness (QED) is 0.636. The van der Waals surface area contributed by atoms with Gasteiger partial charge >= 0.3 is 0 Å². The molecule has 2 aromatic rings. The van der Waals surface area contributed by atoms with E-state index in [2.05, 4.69) is 15.9 Å². The third-order valence-electron chi connectivity index (χ3n) is 3.21. The first kappa shape index (κ1) is 16.2. The molecule has 0 heterocycles. The van der Waals surface area contributed by atoms with Crippen LogP contribution in [-0.2, 0) is 6.42 Å². The molecular formula is C17H18BrClO2. The second kappa shape index (κ2) is 7.71. The summed E-state index contributed by atoms with van der Waals surface area (Å²) in [5, 5.41) is -0.117. The fourth-order valence-electron chi connectivity index (χ4n) is 2.17. The summed E-state index contributed by atoms with van der Waals surface area (Å²) in [5.74, 6) is 1.70. The summed E-state index contributed by atoms with van der Waals surface area (Å²) in [4.78, 5) is 0. The molecule has 0 amide bonds. The molecule has 112 valence electrons. The van der Waals surface area contributed by atoms with Crippen molar-refractivity contribution in [3.05, 3.63) is 58.1 Å². The first-order valence-corrected chi connectivity index (χ1v) is 8.06. The van der Waals surface area contributed by atoms with Crippen LogP contribution in [0, 0.1) is 0 Å². The summed E-state index contributed by atoms with van der Waals surface area (Å²) in [6, 6.07) is 13.9. The van der Waals surface area contributed by atoms with Gasteiger partial charge in [0.15, 0.2) is 0 Å². The fraction of sp³-hybridized carbons (Fsp3) is 0.294. The Morgan fingerprint density at radius 2 is 1.90 bits per heavy atom. The van der Waals surface area contributed by atoms with Gasteiger partial charge in [0.2, 0.25) is 0 Å². The molecule has 0 aliphatic rings. The van der Waals surface area contributed by atoms with E-state index in [0.717, 1.165) is 27.1 Å². The van der Waals surface area contributed by atoms with Crippen molar-refractivity contribution < 1.29 is 9.47 Å². The van der Waals surface area contributed by atoms with Crippen LogP contribution in [0.5, 0.6) is 11.5 Å². The van der Waals surface area contributed by atoms with E-state index in [1.54, 1.807) is 7.11 Å². The molecule has 0 aromatic heterocycles. The number of hydrogen-bond donors (Lipinski definition) is 0. The minimum absolute atomic E-state index is 0.117. The van der Waals surface area contributed by atoms with Crippen LogP contribution in [-0.4, -0.2) is 13.7 Å². The molecule has 0 bridgehead atoms. The lowest BCUT2D eigenvalue weighted by Gasteiger charge is -2.14. The third-order valence-corrected chi connectivity index (χ3v) is 4.24. The Morgan fingerprint density at radius 3 is 2.57 bits per heavy atom. The SMILES string of the molecule is CCOc1ccc(C(Cl)Cc2ccccc2OC)cc1Br. The van der Waals surface area contributed by atoms with Gasteiger partial charge < -0.3 is 9.47 Å². The highest BCUT2D eigenvalue weighted by molar-refractivity contribution is 9.10. The van der Waals surface area contributed by atoms with E-state index in [0.29, 0.717) is 13.0 Å². The van der Waals surface area contributed by atoms with Gasteiger partial charge in [0.25, 0.3) is 0 Å². The number of methoxy groups -OCH3 is 1. The predicted molar refractivity (Wildman–Crippen MR) is 90.6 cm³/mol. The summed E-state index contributed by atoms with van der Waals surface area (Å²) < 4.78 is 11.8. The normalized spacial score (nSPS) is 12.0. The highest BCUT2D eigenvalue weighted by Gasteiger charge is 2.13. The third kappa shape index (κ3) is 4.14. The minimum atomic E-state index is -0.117. The van der Waals surface area contributed by atoms with Gasteiger partial charge in [0, 0.05) is 0 Å². The Morgan fingerprint density at radius 1 is 1.14 bits per heavy atom. The summed E-state index contributed by atoms with van der Waals surface area (Å²) in [6.07, 6.45) is 0.714. The van der Waals surface area contributed by atoms with E-state index >= 15 is 0 Å².